The molecule has 0 saturated heterocycles. The average molecular weight is 485 g/mol. The fourth-order valence-corrected chi connectivity index (χ4v) is 4.31. The molecule has 2 N–H and O–H groups in total. The lowest BCUT2D eigenvalue weighted by Gasteiger charge is -2.18. The third-order valence-electron chi connectivity index (χ3n) is 6.48. The van der Waals surface area contributed by atoms with Gasteiger partial charge < -0.3 is 10.6 Å². The molecule has 3 aromatic carbocycles. The number of hydrogen-bond acceptors (Lipinski definition) is 2. The van der Waals surface area contributed by atoms with Gasteiger partial charge in [-0.05, 0) is 72.9 Å². The maximum Gasteiger partial charge on any atom is 0.231 e. The summed E-state index contributed by atoms with van der Waals surface area (Å²) in [7, 11) is 0. The second-order valence-electron chi connectivity index (χ2n) is 10.6. The summed E-state index contributed by atoms with van der Waals surface area (Å²) < 4.78 is 0. The fraction of sp³-hybridized carbons (Fsp3) is 0.375. The van der Waals surface area contributed by atoms with Gasteiger partial charge in [-0.2, -0.15) is 0 Å². The summed E-state index contributed by atoms with van der Waals surface area (Å²) in [4.78, 5) is 26.1. The molecule has 0 fully saturated rings. The molecule has 0 unspecified atom stereocenters. The van der Waals surface area contributed by atoms with E-state index in [-0.39, 0.29) is 23.7 Å². The molecule has 2 amide bonds. The Labute approximate surface area is 216 Å². The van der Waals surface area contributed by atoms with Crippen LogP contribution in [0.4, 0.5) is 11.4 Å². The molecule has 0 spiro atoms. The lowest BCUT2D eigenvalue weighted by atomic mass is 9.96. The molecule has 0 heterocycles. The van der Waals surface area contributed by atoms with E-state index in [9.17, 15) is 9.59 Å². The summed E-state index contributed by atoms with van der Waals surface area (Å²) in [5.74, 6) is 0.338. The van der Waals surface area contributed by atoms with Gasteiger partial charge >= 0.3 is 0 Å². The van der Waals surface area contributed by atoms with E-state index < -0.39 is 0 Å². The first-order valence-corrected chi connectivity index (χ1v) is 13.0. The second kappa shape index (κ2) is 12.5. The Hall–Kier alpha value is -3.40. The third kappa shape index (κ3) is 7.55. The second-order valence-corrected chi connectivity index (χ2v) is 10.6. The minimum absolute atomic E-state index is 0.109. The van der Waals surface area contributed by atoms with Gasteiger partial charge in [0.1, 0.15) is 0 Å². The maximum atomic E-state index is 13.1. The molecule has 0 aliphatic heterocycles. The Morgan fingerprint density at radius 2 is 0.889 bits per heavy atom. The highest BCUT2D eigenvalue weighted by molar-refractivity contribution is 6.03. The number of nitrogens with one attached hydrogen (secondary N) is 2. The molecule has 4 nitrogen and oxygen atoms in total. The summed E-state index contributed by atoms with van der Waals surface area (Å²) >= 11 is 0. The van der Waals surface area contributed by atoms with Crippen LogP contribution in [0.25, 0.3) is 0 Å². The zero-order chi connectivity index (χ0) is 26.2. The first-order valence-electron chi connectivity index (χ1n) is 13.0. The van der Waals surface area contributed by atoms with Crippen molar-refractivity contribution in [1.82, 2.24) is 0 Å². The number of anilines is 2. The van der Waals surface area contributed by atoms with Crippen LogP contribution >= 0.6 is 0 Å². The van der Waals surface area contributed by atoms with E-state index >= 15 is 0 Å². The number of amides is 2. The van der Waals surface area contributed by atoms with Crippen molar-refractivity contribution in [1.29, 1.82) is 0 Å². The van der Waals surface area contributed by atoms with Crippen LogP contribution in [0.2, 0.25) is 0 Å². The van der Waals surface area contributed by atoms with E-state index in [1.54, 1.807) is 0 Å². The van der Waals surface area contributed by atoms with E-state index in [0.717, 1.165) is 24.0 Å². The topological polar surface area (TPSA) is 58.2 Å². The van der Waals surface area contributed by atoms with Crippen LogP contribution in [-0.4, -0.2) is 11.8 Å². The van der Waals surface area contributed by atoms with Crippen molar-refractivity contribution in [2.75, 3.05) is 10.6 Å². The standard InChI is InChI=1S/C32H40N2O2/c1-21(2)19-25-11-15-27(16-12-25)23(5)31(35)33-29-9-7-8-10-30(29)34-32(36)24(6)28-17-13-26(14-18-28)20-22(3)4/h7-18,21-24H,19-20H2,1-6H3,(H,33,35)(H,34,36)/t23-,24-/m1/s1. The van der Waals surface area contributed by atoms with E-state index in [2.05, 4.69) is 62.6 Å². The van der Waals surface area contributed by atoms with Crippen LogP contribution in [0.15, 0.2) is 72.8 Å². The molecule has 36 heavy (non-hydrogen) atoms. The van der Waals surface area contributed by atoms with Gasteiger partial charge in [0.05, 0.1) is 23.2 Å². The SMILES string of the molecule is CC(C)Cc1ccc([C@@H](C)C(=O)Nc2ccccc2NC(=O)[C@H](C)c2ccc(CC(C)C)cc2)cc1. The zero-order valence-electron chi connectivity index (χ0n) is 22.5. The van der Waals surface area contributed by atoms with Crippen LogP contribution in [0.5, 0.6) is 0 Å². The highest BCUT2D eigenvalue weighted by Crippen LogP contribution is 2.26. The first kappa shape index (κ1) is 27.2. The Balaban J connectivity index is 1.66. The Morgan fingerprint density at radius 1 is 0.556 bits per heavy atom. The molecule has 4 heteroatoms. The summed E-state index contributed by atoms with van der Waals surface area (Å²) in [5, 5.41) is 6.02. The van der Waals surface area contributed by atoms with Crippen molar-refractivity contribution < 1.29 is 9.59 Å². The largest absolute Gasteiger partial charge is 0.324 e. The molecule has 190 valence electrons. The van der Waals surface area contributed by atoms with Crippen LogP contribution in [0.3, 0.4) is 0 Å². The number of rotatable bonds is 10. The van der Waals surface area contributed by atoms with Crippen LogP contribution in [-0.2, 0) is 22.4 Å². The Kier molecular flexibility index (Phi) is 9.46. The quantitative estimate of drug-likeness (QED) is 0.312. The monoisotopic (exact) mass is 484 g/mol. The molecular weight excluding hydrogens is 444 g/mol. The number of para-hydroxylation sites is 2. The fourth-order valence-electron chi connectivity index (χ4n) is 4.31. The van der Waals surface area contributed by atoms with Crippen molar-refractivity contribution in [3.05, 3.63) is 95.1 Å². The molecule has 0 saturated carbocycles. The number of carbonyl (C=O) groups is 2. The van der Waals surface area contributed by atoms with E-state index in [4.69, 9.17) is 0 Å². The van der Waals surface area contributed by atoms with Gasteiger partial charge in [-0.15, -0.1) is 0 Å². The lowest BCUT2D eigenvalue weighted by molar-refractivity contribution is -0.118. The third-order valence-corrected chi connectivity index (χ3v) is 6.48. The van der Waals surface area contributed by atoms with Crippen molar-refractivity contribution in [3.63, 3.8) is 0 Å². The van der Waals surface area contributed by atoms with Gasteiger partial charge in [-0.3, -0.25) is 9.59 Å². The van der Waals surface area contributed by atoms with Crippen LogP contribution < -0.4 is 10.6 Å². The lowest BCUT2D eigenvalue weighted by Crippen LogP contribution is -2.22. The van der Waals surface area contributed by atoms with E-state index in [0.29, 0.717) is 23.2 Å². The van der Waals surface area contributed by atoms with Gasteiger partial charge in [0.2, 0.25) is 11.8 Å². The van der Waals surface area contributed by atoms with Crippen molar-refractivity contribution in [3.8, 4) is 0 Å². The normalized spacial score (nSPS) is 12.9. The minimum atomic E-state index is -0.315. The van der Waals surface area contributed by atoms with Gasteiger partial charge in [0.25, 0.3) is 0 Å². The van der Waals surface area contributed by atoms with Gasteiger partial charge in [0.15, 0.2) is 0 Å². The van der Waals surface area contributed by atoms with Gasteiger partial charge in [-0.25, -0.2) is 0 Å². The highest BCUT2D eigenvalue weighted by Gasteiger charge is 2.20. The van der Waals surface area contributed by atoms with Crippen LogP contribution in [0.1, 0.15) is 75.6 Å². The van der Waals surface area contributed by atoms with Crippen LogP contribution in [0, 0.1) is 11.8 Å². The zero-order valence-corrected chi connectivity index (χ0v) is 22.5. The summed E-state index contributed by atoms with van der Waals surface area (Å²) in [6.07, 6.45) is 2.04. The molecule has 0 aromatic heterocycles. The number of hydrogen-bond donors (Lipinski definition) is 2. The van der Waals surface area contributed by atoms with Gasteiger partial charge in [0, 0.05) is 0 Å². The Morgan fingerprint density at radius 3 is 1.19 bits per heavy atom. The summed E-state index contributed by atoms with van der Waals surface area (Å²) in [6.45, 7) is 12.6. The van der Waals surface area contributed by atoms with Crippen molar-refractivity contribution >= 4 is 23.2 Å². The predicted molar refractivity (Wildman–Crippen MR) is 150 cm³/mol. The predicted octanol–water partition coefficient (Wildman–Crippen LogP) is 7.57. The molecule has 2 atom stereocenters. The van der Waals surface area contributed by atoms with E-state index in [1.807, 2.05) is 62.4 Å². The number of carbonyl (C=O) groups excluding carboxylic acids is 2. The molecule has 0 bridgehead atoms. The smallest absolute Gasteiger partial charge is 0.231 e. The molecule has 0 radical (unpaired) electrons. The minimum Gasteiger partial charge on any atom is -0.324 e. The Bertz CT molecular complexity index is 1060. The molecule has 0 aliphatic carbocycles. The van der Waals surface area contributed by atoms with Crippen molar-refractivity contribution in [2.24, 2.45) is 11.8 Å². The van der Waals surface area contributed by atoms with E-state index in [1.165, 1.54) is 11.1 Å². The number of benzene rings is 3. The molecular formula is C32H40N2O2. The first-order chi connectivity index (χ1) is 17.1. The average Bonchev–Trinajstić information content (AvgIpc) is 2.84. The molecule has 0 aliphatic rings. The molecule has 3 aromatic rings. The van der Waals surface area contributed by atoms with Gasteiger partial charge in [-0.1, -0.05) is 88.4 Å². The van der Waals surface area contributed by atoms with Crippen molar-refractivity contribution in [2.45, 2.75) is 66.2 Å². The molecule has 3 rings (SSSR count). The maximum absolute atomic E-state index is 13.1. The summed E-state index contributed by atoms with van der Waals surface area (Å²) in [6, 6.07) is 23.9. The summed E-state index contributed by atoms with van der Waals surface area (Å²) in [5.41, 5.74) is 5.68. The highest BCUT2D eigenvalue weighted by atomic mass is 16.2.